The Labute approximate surface area is 196 Å². The number of nitrogens with one attached hydrogen (secondary N) is 1. The lowest BCUT2D eigenvalue weighted by molar-refractivity contribution is -0.150. The summed E-state index contributed by atoms with van der Waals surface area (Å²) < 4.78 is 21.1. The lowest BCUT2D eigenvalue weighted by Crippen LogP contribution is -2.54. The van der Waals surface area contributed by atoms with Crippen molar-refractivity contribution in [2.45, 2.75) is 84.9 Å². The fourth-order valence-corrected chi connectivity index (χ4v) is 5.85. The summed E-state index contributed by atoms with van der Waals surface area (Å²) in [4.78, 5) is 12.8. The summed E-state index contributed by atoms with van der Waals surface area (Å²) in [7, 11) is 0.00783. The quantitative estimate of drug-likeness (QED) is 0.483. The van der Waals surface area contributed by atoms with Crippen molar-refractivity contribution < 1.29 is 13.7 Å². The van der Waals surface area contributed by atoms with Crippen LogP contribution in [0.25, 0.3) is 0 Å². The third kappa shape index (κ3) is 5.72. The van der Waals surface area contributed by atoms with Crippen LogP contribution >= 0.6 is 11.6 Å². The van der Waals surface area contributed by atoms with Gasteiger partial charge in [0.1, 0.15) is 0 Å². The molecule has 2 rings (SSSR count). The van der Waals surface area contributed by atoms with Crippen LogP contribution in [0, 0.1) is 23.2 Å². The van der Waals surface area contributed by atoms with E-state index in [9.17, 15) is 9.00 Å². The molecule has 1 N–H and O–H groups in total. The Kier molecular flexibility index (Phi) is 7.77. The molecule has 1 aliphatic carbocycles. The molecule has 31 heavy (non-hydrogen) atoms. The smallest absolute Gasteiger partial charge is 0.311 e. The second-order valence-electron chi connectivity index (χ2n) is 11.5. The summed E-state index contributed by atoms with van der Waals surface area (Å²) >= 11 is 6.79. The second kappa shape index (κ2) is 9.15. The average molecular weight is 470 g/mol. The first-order chi connectivity index (χ1) is 14.0. The van der Waals surface area contributed by atoms with Gasteiger partial charge < -0.3 is 4.74 Å². The van der Waals surface area contributed by atoms with Crippen LogP contribution in [0.4, 0.5) is 0 Å². The Bertz CT molecular complexity index is 840. The maximum Gasteiger partial charge on any atom is 0.311 e. The van der Waals surface area contributed by atoms with Gasteiger partial charge in [0.15, 0.2) is 0 Å². The molecule has 0 radical (unpaired) electrons. The topological polar surface area (TPSA) is 55.4 Å². The molecular weight excluding hydrogens is 430 g/mol. The molecule has 0 aliphatic heterocycles. The van der Waals surface area contributed by atoms with E-state index in [-0.39, 0.29) is 17.3 Å². The number of ether oxygens (including phenoxy) is 1. The van der Waals surface area contributed by atoms with Gasteiger partial charge in [0.05, 0.1) is 34.3 Å². The van der Waals surface area contributed by atoms with Crippen molar-refractivity contribution in [3.05, 3.63) is 34.3 Å². The summed E-state index contributed by atoms with van der Waals surface area (Å²) in [5.74, 6) is 0.187. The SMILES string of the molecule is COC(=O)[C@H](C(C)C)C(C)(N[S@@](=O)C(C)(C)C)c1ccc([C@@H]2C[C@H]2C(C)(C)C)c(Cl)c1. The zero-order chi connectivity index (χ0) is 23.9. The molecule has 1 unspecified atom stereocenters. The summed E-state index contributed by atoms with van der Waals surface area (Å²) in [5.41, 5.74) is 1.34. The number of carbonyl (C=O) groups is 1. The predicted molar refractivity (Wildman–Crippen MR) is 130 cm³/mol. The molecule has 1 saturated carbocycles. The molecule has 0 amide bonds. The highest BCUT2D eigenvalue weighted by atomic mass is 35.5. The maximum atomic E-state index is 13.1. The van der Waals surface area contributed by atoms with Crippen LogP contribution in [0.15, 0.2) is 18.2 Å². The first-order valence-corrected chi connectivity index (χ1v) is 12.6. The van der Waals surface area contributed by atoms with Crippen LogP contribution in [0.3, 0.4) is 0 Å². The normalized spacial score (nSPS) is 23.2. The van der Waals surface area contributed by atoms with E-state index in [1.165, 1.54) is 7.11 Å². The van der Waals surface area contributed by atoms with Gasteiger partial charge in [-0.3, -0.25) is 4.79 Å². The molecule has 0 saturated heterocycles. The van der Waals surface area contributed by atoms with E-state index in [1.807, 2.05) is 53.7 Å². The van der Waals surface area contributed by atoms with Crippen molar-refractivity contribution in [3.63, 3.8) is 0 Å². The van der Waals surface area contributed by atoms with E-state index in [0.717, 1.165) is 17.5 Å². The van der Waals surface area contributed by atoms with Gasteiger partial charge in [-0.25, -0.2) is 8.93 Å². The number of methoxy groups -OCH3 is 1. The average Bonchev–Trinajstić information content (AvgIpc) is 3.41. The first-order valence-electron chi connectivity index (χ1n) is 11.1. The van der Waals surface area contributed by atoms with Crippen LogP contribution in [0.2, 0.25) is 5.02 Å². The predicted octanol–water partition coefficient (Wildman–Crippen LogP) is 6.20. The van der Waals surface area contributed by atoms with Crippen molar-refractivity contribution in [2.24, 2.45) is 23.2 Å². The van der Waals surface area contributed by atoms with E-state index in [0.29, 0.717) is 16.9 Å². The van der Waals surface area contributed by atoms with Crippen LogP contribution in [-0.4, -0.2) is 22.0 Å². The summed E-state index contributed by atoms with van der Waals surface area (Å²) in [5, 5.41) is 0.705. The monoisotopic (exact) mass is 469 g/mol. The van der Waals surface area contributed by atoms with Gasteiger partial charge in [-0.15, -0.1) is 0 Å². The molecule has 0 bridgehead atoms. The molecule has 4 nitrogen and oxygen atoms in total. The standard InChI is InChI=1S/C25H40ClNO3S/c1-15(2)21(22(28)30-10)25(9,27-31(29)24(6,7)8)16-11-12-17(20(26)13-16)18-14-19(18)23(3,4)5/h11-13,15,18-19,21,27H,14H2,1-10H3/t18-,19+,21-,25?,31-/m0/s1. The highest BCUT2D eigenvalue weighted by molar-refractivity contribution is 7.84. The third-order valence-corrected chi connectivity index (χ3v) is 8.56. The number of carbonyl (C=O) groups excluding carboxylic acids is 1. The third-order valence-electron chi connectivity index (χ3n) is 6.51. The zero-order valence-electron chi connectivity index (χ0n) is 20.8. The summed E-state index contributed by atoms with van der Waals surface area (Å²) in [6.07, 6.45) is 1.14. The van der Waals surface area contributed by atoms with Gasteiger partial charge in [-0.2, -0.15) is 0 Å². The van der Waals surface area contributed by atoms with Crippen LogP contribution in [0.1, 0.15) is 85.8 Å². The Morgan fingerprint density at radius 2 is 1.74 bits per heavy atom. The van der Waals surface area contributed by atoms with Crippen molar-refractivity contribution >= 4 is 28.6 Å². The Morgan fingerprint density at radius 1 is 1.16 bits per heavy atom. The van der Waals surface area contributed by atoms with E-state index in [1.54, 1.807) is 0 Å². The van der Waals surface area contributed by atoms with Crippen LogP contribution < -0.4 is 4.72 Å². The molecule has 0 heterocycles. The number of rotatable bonds is 7. The summed E-state index contributed by atoms with van der Waals surface area (Å²) in [6.45, 7) is 18.4. The Morgan fingerprint density at radius 3 is 2.13 bits per heavy atom. The molecule has 1 aromatic carbocycles. The largest absolute Gasteiger partial charge is 0.469 e. The summed E-state index contributed by atoms with van der Waals surface area (Å²) in [6, 6.07) is 6.06. The molecule has 1 aliphatic rings. The molecule has 1 aromatic rings. The number of hydrogen-bond acceptors (Lipinski definition) is 3. The minimum Gasteiger partial charge on any atom is -0.469 e. The van der Waals surface area contributed by atoms with Crippen molar-refractivity contribution in [1.82, 2.24) is 4.72 Å². The number of benzene rings is 1. The van der Waals surface area contributed by atoms with Crippen LogP contribution in [0.5, 0.6) is 0 Å². The number of hydrogen-bond donors (Lipinski definition) is 1. The highest BCUT2D eigenvalue weighted by Crippen LogP contribution is 2.58. The number of halogens is 1. The molecule has 0 aromatic heterocycles. The Hall–Kier alpha value is -0.910. The van der Waals surface area contributed by atoms with E-state index in [2.05, 4.69) is 31.6 Å². The molecule has 6 heteroatoms. The van der Waals surface area contributed by atoms with Gasteiger partial charge in [-0.1, -0.05) is 58.4 Å². The molecule has 176 valence electrons. The number of esters is 1. The first kappa shape index (κ1) is 26.3. The van der Waals surface area contributed by atoms with E-state index in [4.69, 9.17) is 16.3 Å². The van der Waals surface area contributed by atoms with Crippen LogP contribution in [-0.2, 0) is 26.1 Å². The lowest BCUT2D eigenvalue weighted by Gasteiger charge is -2.40. The van der Waals surface area contributed by atoms with Gasteiger partial charge in [0.25, 0.3) is 0 Å². The minimum atomic E-state index is -1.39. The fourth-order valence-electron chi connectivity index (χ4n) is 4.60. The van der Waals surface area contributed by atoms with Crippen molar-refractivity contribution in [3.8, 4) is 0 Å². The molecule has 1 fully saturated rings. The fraction of sp³-hybridized carbons (Fsp3) is 0.720. The van der Waals surface area contributed by atoms with E-state index < -0.39 is 27.2 Å². The van der Waals surface area contributed by atoms with Crippen molar-refractivity contribution in [1.29, 1.82) is 0 Å². The highest BCUT2D eigenvalue weighted by Gasteiger charge is 2.48. The molecule has 0 spiro atoms. The molecule has 5 atom stereocenters. The Balaban J connectivity index is 2.53. The zero-order valence-corrected chi connectivity index (χ0v) is 22.3. The van der Waals surface area contributed by atoms with Gasteiger partial charge >= 0.3 is 5.97 Å². The lowest BCUT2D eigenvalue weighted by atomic mass is 9.74. The maximum absolute atomic E-state index is 13.1. The van der Waals surface area contributed by atoms with Gasteiger partial charge in [0, 0.05) is 5.02 Å². The van der Waals surface area contributed by atoms with E-state index >= 15 is 0 Å². The second-order valence-corrected chi connectivity index (χ2v) is 13.9. The molecular formula is C25H40ClNO3S. The van der Waals surface area contributed by atoms with Gasteiger partial charge in [0.2, 0.25) is 0 Å². The minimum absolute atomic E-state index is 0.0333. The van der Waals surface area contributed by atoms with Crippen molar-refractivity contribution in [2.75, 3.05) is 7.11 Å². The van der Waals surface area contributed by atoms with Gasteiger partial charge in [-0.05, 0) is 74.5 Å².